The van der Waals surface area contributed by atoms with Crippen molar-refractivity contribution < 1.29 is 18.7 Å². The highest BCUT2D eigenvalue weighted by atomic mass is 19.1. The lowest BCUT2D eigenvalue weighted by atomic mass is 10.0. The molecule has 0 bridgehead atoms. The van der Waals surface area contributed by atoms with E-state index in [1.165, 1.54) is 18.2 Å². The number of nitrogens with zero attached hydrogens (tertiary/aromatic N) is 1. The normalized spacial score (nSPS) is 15.3. The molecule has 150 valence electrons. The SMILES string of the molecule is O=C(N[C@@H](Cc1c[nH]c2ccccc12)C(=O)N1CCOCC1)c1cccc(F)c1. The largest absolute Gasteiger partial charge is 0.378 e. The van der Waals surface area contributed by atoms with Gasteiger partial charge in [-0.05, 0) is 29.8 Å². The predicted molar refractivity (Wildman–Crippen MR) is 107 cm³/mol. The number of nitrogens with one attached hydrogen (secondary N) is 2. The average Bonchev–Trinajstić information content (AvgIpc) is 3.16. The Balaban J connectivity index is 1.59. The van der Waals surface area contributed by atoms with Gasteiger partial charge in [-0.25, -0.2) is 4.39 Å². The second-order valence-corrected chi connectivity index (χ2v) is 7.04. The summed E-state index contributed by atoms with van der Waals surface area (Å²) >= 11 is 0. The van der Waals surface area contributed by atoms with Gasteiger partial charge in [-0.15, -0.1) is 0 Å². The van der Waals surface area contributed by atoms with E-state index in [4.69, 9.17) is 4.74 Å². The number of carbonyl (C=O) groups is 2. The van der Waals surface area contributed by atoms with Crippen molar-refractivity contribution in [2.45, 2.75) is 12.5 Å². The maximum absolute atomic E-state index is 13.5. The molecule has 0 aliphatic carbocycles. The third kappa shape index (κ3) is 4.30. The fraction of sp³-hybridized carbons (Fsp3) is 0.273. The molecule has 7 heteroatoms. The molecule has 1 atom stereocenters. The number of amides is 2. The van der Waals surface area contributed by atoms with Crippen molar-refractivity contribution in [1.29, 1.82) is 0 Å². The summed E-state index contributed by atoms with van der Waals surface area (Å²) in [5, 5.41) is 3.82. The Morgan fingerprint density at radius 3 is 2.72 bits per heavy atom. The molecular formula is C22H22FN3O3. The van der Waals surface area contributed by atoms with E-state index in [2.05, 4.69) is 10.3 Å². The number of aromatic amines is 1. The van der Waals surface area contributed by atoms with Gasteiger partial charge in [-0.2, -0.15) is 0 Å². The minimum atomic E-state index is -0.761. The number of fused-ring (bicyclic) bond motifs is 1. The molecule has 0 saturated carbocycles. The Hall–Kier alpha value is -3.19. The smallest absolute Gasteiger partial charge is 0.252 e. The fourth-order valence-electron chi connectivity index (χ4n) is 3.60. The third-order valence-electron chi connectivity index (χ3n) is 5.11. The number of halogens is 1. The van der Waals surface area contributed by atoms with Gasteiger partial charge in [0.25, 0.3) is 5.91 Å². The number of morpholine rings is 1. The molecule has 0 spiro atoms. The van der Waals surface area contributed by atoms with Crippen LogP contribution < -0.4 is 5.32 Å². The van der Waals surface area contributed by atoms with E-state index in [0.29, 0.717) is 32.7 Å². The van der Waals surface area contributed by atoms with Gasteiger partial charge < -0.3 is 19.9 Å². The maximum atomic E-state index is 13.5. The first-order chi connectivity index (χ1) is 14.1. The van der Waals surface area contributed by atoms with Crippen molar-refractivity contribution in [3.05, 3.63) is 71.7 Å². The molecule has 2 heterocycles. The summed E-state index contributed by atoms with van der Waals surface area (Å²) in [4.78, 5) is 30.8. The highest BCUT2D eigenvalue weighted by Crippen LogP contribution is 2.20. The Morgan fingerprint density at radius 2 is 1.93 bits per heavy atom. The lowest BCUT2D eigenvalue weighted by molar-refractivity contribution is -0.137. The van der Waals surface area contributed by atoms with Gasteiger partial charge >= 0.3 is 0 Å². The Kier molecular flexibility index (Phi) is 5.57. The molecule has 0 unspecified atom stereocenters. The Bertz CT molecular complexity index is 1030. The number of carbonyl (C=O) groups excluding carboxylic acids is 2. The first kappa shape index (κ1) is 19.1. The molecule has 4 rings (SSSR count). The number of H-pyrrole nitrogens is 1. The van der Waals surface area contributed by atoms with Crippen LogP contribution in [-0.4, -0.2) is 54.0 Å². The summed E-state index contributed by atoms with van der Waals surface area (Å²) in [5.74, 6) is -1.13. The van der Waals surface area contributed by atoms with Crippen molar-refractivity contribution in [1.82, 2.24) is 15.2 Å². The van der Waals surface area contributed by atoms with Crippen LogP contribution >= 0.6 is 0 Å². The standard InChI is InChI=1S/C22H22FN3O3/c23-17-5-3-4-15(12-17)21(27)25-20(22(28)26-8-10-29-11-9-26)13-16-14-24-19-7-2-1-6-18(16)19/h1-7,12,14,20,24H,8-11,13H2,(H,25,27)/t20-/m0/s1. The van der Waals surface area contributed by atoms with Crippen molar-refractivity contribution in [3.8, 4) is 0 Å². The topological polar surface area (TPSA) is 74.4 Å². The minimum Gasteiger partial charge on any atom is -0.378 e. The summed E-state index contributed by atoms with van der Waals surface area (Å²) in [6.07, 6.45) is 2.19. The summed E-state index contributed by atoms with van der Waals surface area (Å²) in [5.41, 5.74) is 2.09. The van der Waals surface area contributed by atoms with Gasteiger partial charge in [0.1, 0.15) is 11.9 Å². The molecule has 3 aromatic rings. The number of hydrogen-bond donors (Lipinski definition) is 2. The summed E-state index contributed by atoms with van der Waals surface area (Å²) in [6, 6.07) is 12.5. The van der Waals surface area contributed by atoms with Gasteiger partial charge in [0, 0.05) is 42.2 Å². The number of rotatable bonds is 5. The third-order valence-corrected chi connectivity index (χ3v) is 5.11. The van der Waals surface area contributed by atoms with E-state index in [0.717, 1.165) is 22.5 Å². The second-order valence-electron chi connectivity index (χ2n) is 7.04. The van der Waals surface area contributed by atoms with Gasteiger partial charge in [-0.1, -0.05) is 24.3 Å². The Morgan fingerprint density at radius 1 is 1.14 bits per heavy atom. The molecular weight excluding hydrogens is 373 g/mol. The molecule has 29 heavy (non-hydrogen) atoms. The second kappa shape index (κ2) is 8.45. The van der Waals surface area contributed by atoms with Crippen LogP contribution in [-0.2, 0) is 16.0 Å². The maximum Gasteiger partial charge on any atom is 0.252 e. The predicted octanol–water partition coefficient (Wildman–Crippen LogP) is 2.51. The van der Waals surface area contributed by atoms with Crippen LogP contribution in [0.25, 0.3) is 10.9 Å². The number of ether oxygens (including phenoxy) is 1. The van der Waals surface area contributed by atoms with Crippen molar-refractivity contribution in [3.63, 3.8) is 0 Å². The van der Waals surface area contributed by atoms with Gasteiger partial charge in [0.2, 0.25) is 5.91 Å². The molecule has 1 aromatic heterocycles. The first-order valence-electron chi connectivity index (χ1n) is 9.60. The van der Waals surface area contributed by atoms with E-state index in [1.54, 1.807) is 4.90 Å². The summed E-state index contributed by atoms with van der Waals surface area (Å²) < 4.78 is 18.8. The van der Waals surface area contributed by atoms with Crippen LogP contribution in [0.4, 0.5) is 4.39 Å². The summed E-state index contributed by atoms with van der Waals surface area (Å²) in [6.45, 7) is 1.92. The molecule has 1 saturated heterocycles. The van der Waals surface area contributed by atoms with Crippen molar-refractivity contribution >= 4 is 22.7 Å². The van der Waals surface area contributed by atoms with Crippen LogP contribution in [0.2, 0.25) is 0 Å². The molecule has 1 fully saturated rings. The zero-order valence-corrected chi connectivity index (χ0v) is 15.9. The molecule has 2 N–H and O–H groups in total. The quantitative estimate of drug-likeness (QED) is 0.697. The van der Waals surface area contributed by atoms with E-state index in [9.17, 15) is 14.0 Å². The van der Waals surface area contributed by atoms with Gasteiger partial charge in [0.05, 0.1) is 13.2 Å². The highest BCUT2D eigenvalue weighted by Gasteiger charge is 2.28. The van der Waals surface area contributed by atoms with Crippen LogP contribution in [0, 0.1) is 5.82 Å². The number of benzene rings is 2. The number of para-hydroxylation sites is 1. The number of aromatic nitrogens is 1. The van der Waals surface area contributed by atoms with E-state index < -0.39 is 17.8 Å². The molecule has 1 aliphatic heterocycles. The monoisotopic (exact) mass is 395 g/mol. The zero-order chi connectivity index (χ0) is 20.2. The number of hydrogen-bond acceptors (Lipinski definition) is 3. The molecule has 2 aromatic carbocycles. The van der Waals surface area contributed by atoms with E-state index in [1.807, 2.05) is 30.5 Å². The van der Waals surface area contributed by atoms with Gasteiger partial charge in [-0.3, -0.25) is 9.59 Å². The lowest BCUT2D eigenvalue weighted by Gasteiger charge is -2.30. The molecule has 2 amide bonds. The molecule has 1 aliphatic rings. The Labute approximate surface area is 167 Å². The minimum absolute atomic E-state index is 0.164. The van der Waals surface area contributed by atoms with Crippen molar-refractivity contribution in [2.24, 2.45) is 0 Å². The van der Waals surface area contributed by atoms with E-state index >= 15 is 0 Å². The lowest BCUT2D eigenvalue weighted by Crippen LogP contribution is -2.52. The van der Waals surface area contributed by atoms with E-state index in [-0.39, 0.29) is 11.5 Å². The molecule has 0 radical (unpaired) electrons. The van der Waals surface area contributed by atoms with Crippen LogP contribution in [0.15, 0.2) is 54.7 Å². The van der Waals surface area contributed by atoms with Crippen LogP contribution in [0.3, 0.4) is 0 Å². The fourth-order valence-corrected chi connectivity index (χ4v) is 3.60. The van der Waals surface area contributed by atoms with Crippen molar-refractivity contribution in [2.75, 3.05) is 26.3 Å². The average molecular weight is 395 g/mol. The highest BCUT2D eigenvalue weighted by molar-refractivity contribution is 5.98. The first-order valence-corrected chi connectivity index (χ1v) is 9.60. The van der Waals surface area contributed by atoms with Gasteiger partial charge in [0.15, 0.2) is 0 Å². The van der Waals surface area contributed by atoms with Crippen LogP contribution in [0.5, 0.6) is 0 Å². The zero-order valence-electron chi connectivity index (χ0n) is 15.9. The van der Waals surface area contributed by atoms with Crippen LogP contribution in [0.1, 0.15) is 15.9 Å². The molecule has 6 nitrogen and oxygen atoms in total. The summed E-state index contributed by atoms with van der Waals surface area (Å²) in [7, 11) is 0.